The van der Waals surface area contributed by atoms with Gasteiger partial charge in [-0.15, -0.1) is 0 Å². The number of benzene rings is 1. The predicted molar refractivity (Wildman–Crippen MR) is 54.4 cm³/mol. The van der Waals surface area contributed by atoms with Crippen LogP contribution in [0.4, 0.5) is 8.78 Å². The van der Waals surface area contributed by atoms with E-state index in [4.69, 9.17) is 5.11 Å². The van der Waals surface area contributed by atoms with E-state index in [2.05, 4.69) is 21.0 Å². The number of rotatable bonds is 2. The van der Waals surface area contributed by atoms with Gasteiger partial charge in [0, 0.05) is 9.86 Å². The van der Waals surface area contributed by atoms with Crippen molar-refractivity contribution in [2.45, 2.75) is 6.54 Å². The van der Waals surface area contributed by atoms with Gasteiger partial charge in [0.05, 0.1) is 19.3 Å². The second kappa shape index (κ2) is 3.86. The summed E-state index contributed by atoms with van der Waals surface area (Å²) in [4.78, 5) is 0. The van der Waals surface area contributed by atoms with Gasteiger partial charge in [-0.05, 0) is 22.0 Å². The molecule has 0 aliphatic carbocycles. The molecule has 1 N–H and O–H groups in total. The molecule has 80 valence electrons. The number of fused-ring (bicyclic) bond motifs is 1. The molecule has 0 amide bonds. The Hall–Kier alpha value is -1.01. The molecule has 0 aliphatic heterocycles. The molecular formula is C9H7BrF2N2O. The van der Waals surface area contributed by atoms with Crippen molar-refractivity contribution >= 4 is 26.8 Å². The Balaban J connectivity index is 2.77. The Morgan fingerprint density at radius 3 is 2.87 bits per heavy atom. The van der Waals surface area contributed by atoms with E-state index in [1.807, 2.05) is 0 Å². The van der Waals surface area contributed by atoms with Crippen molar-refractivity contribution in [2.75, 3.05) is 6.61 Å². The third-order valence-electron chi connectivity index (χ3n) is 2.08. The summed E-state index contributed by atoms with van der Waals surface area (Å²) in [6.07, 6.45) is 1.43. The lowest BCUT2D eigenvalue weighted by molar-refractivity contribution is 0.271. The zero-order valence-electron chi connectivity index (χ0n) is 7.54. The molecule has 6 heteroatoms. The molecule has 0 radical (unpaired) electrons. The Bertz CT molecular complexity index is 512. The molecule has 1 aromatic heterocycles. The Kier molecular flexibility index (Phi) is 2.70. The van der Waals surface area contributed by atoms with E-state index in [0.717, 1.165) is 6.07 Å². The molecule has 2 rings (SSSR count). The van der Waals surface area contributed by atoms with E-state index in [0.29, 0.717) is 9.86 Å². The number of aliphatic hydroxyl groups is 1. The molecule has 0 saturated carbocycles. The summed E-state index contributed by atoms with van der Waals surface area (Å²) in [5.74, 6) is -1.88. The highest BCUT2D eigenvalue weighted by Crippen LogP contribution is 2.28. The highest BCUT2D eigenvalue weighted by atomic mass is 79.9. The van der Waals surface area contributed by atoms with E-state index < -0.39 is 11.6 Å². The Labute approximate surface area is 92.4 Å². The fraction of sp³-hybridized carbons (Fsp3) is 0.222. The lowest BCUT2D eigenvalue weighted by Crippen LogP contribution is -2.05. The molecule has 0 bridgehead atoms. The first kappa shape index (κ1) is 10.5. The fourth-order valence-electron chi connectivity index (χ4n) is 1.42. The van der Waals surface area contributed by atoms with E-state index in [9.17, 15) is 8.78 Å². The van der Waals surface area contributed by atoms with Crippen LogP contribution in [0.3, 0.4) is 0 Å². The predicted octanol–water partition coefficient (Wildman–Crippen LogP) is 2.07. The molecule has 2 aromatic rings. The van der Waals surface area contributed by atoms with E-state index in [-0.39, 0.29) is 18.7 Å². The second-order valence-corrected chi connectivity index (χ2v) is 3.86. The van der Waals surface area contributed by atoms with Crippen molar-refractivity contribution in [1.82, 2.24) is 9.78 Å². The maximum atomic E-state index is 13.5. The molecule has 0 atom stereocenters. The van der Waals surface area contributed by atoms with Gasteiger partial charge in [0.1, 0.15) is 5.52 Å². The van der Waals surface area contributed by atoms with Crippen LogP contribution in [0.25, 0.3) is 10.9 Å². The smallest absolute Gasteiger partial charge is 0.184 e. The van der Waals surface area contributed by atoms with Gasteiger partial charge in [-0.25, -0.2) is 8.78 Å². The molecule has 1 aromatic carbocycles. The van der Waals surface area contributed by atoms with E-state index in [1.54, 1.807) is 0 Å². The minimum absolute atomic E-state index is 0.0657. The van der Waals surface area contributed by atoms with Crippen LogP contribution < -0.4 is 0 Å². The molecule has 0 saturated heterocycles. The number of aromatic nitrogens is 2. The minimum atomic E-state index is -0.945. The van der Waals surface area contributed by atoms with Crippen LogP contribution in [0.1, 0.15) is 0 Å². The molecule has 15 heavy (non-hydrogen) atoms. The number of hydrogen-bond donors (Lipinski definition) is 1. The molecule has 0 fully saturated rings. The lowest BCUT2D eigenvalue weighted by atomic mass is 10.2. The third kappa shape index (κ3) is 1.63. The largest absolute Gasteiger partial charge is 0.394 e. The summed E-state index contributed by atoms with van der Waals surface area (Å²) in [5, 5.41) is 13.1. The normalized spacial score (nSPS) is 11.2. The van der Waals surface area contributed by atoms with Crippen LogP contribution in [-0.2, 0) is 6.54 Å². The minimum Gasteiger partial charge on any atom is -0.394 e. The van der Waals surface area contributed by atoms with Crippen molar-refractivity contribution in [3.05, 3.63) is 28.4 Å². The topological polar surface area (TPSA) is 38.0 Å². The first-order valence-corrected chi connectivity index (χ1v) is 5.04. The molecule has 1 heterocycles. The highest BCUT2D eigenvalue weighted by Gasteiger charge is 2.15. The third-order valence-corrected chi connectivity index (χ3v) is 2.74. The number of hydrogen-bond acceptors (Lipinski definition) is 2. The number of halogens is 3. The fourth-order valence-corrected chi connectivity index (χ4v) is 1.91. The summed E-state index contributed by atoms with van der Waals surface area (Å²) < 4.78 is 28.2. The van der Waals surface area contributed by atoms with E-state index >= 15 is 0 Å². The quantitative estimate of drug-likeness (QED) is 0.853. The van der Waals surface area contributed by atoms with Crippen molar-refractivity contribution in [3.8, 4) is 0 Å². The summed E-state index contributed by atoms with van der Waals surface area (Å²) in [5.41, 5.74) is 0.0657. The van der Waals surface area contributed by atoms with E-state index in [1.165, 1.54) is 10.9 Å². The van der Waals surface area contributed by atoms with Gasteiger partial charge in [0.2, 0.25) is 0 Å². The zero-order valence-corrected chi connectivity index (χ0v) is 9.13. The maximum absolute atomic E-state index is 13.5. The Morgan fingerprint density at radius 1 is 1.47 bits per heavy atom. The monoisotopic (exact) mass is 276 g/mol. The summed E-state index contributed by atoms with van der Waals surface area (Å²) in [7, 11) is 0. The first-order valence-electron chi connectivity index (χ1n) is 4.25. The molecule has 3 nitrogen and oxygen atoms in total. The van der Waals surface area contributed by atoms with Crippen LogP contribution in [0.15, 0.2) is 16.7 Å². The van der Waals surface area contributed by atoms with Gasteiger partial charge in [-0.3, -0.25) is 4.68 Å². The van der Waals surface area contributed by atoms with Crippen molar-refractivity contribution < 1.29 is 13.9 Å². The van der Waals surface area contributed by atoms with Crippen LogP contribution in [-0.4, -0.2) is 21.5 Å². The maximum Gasteiger partial charge on any atom is 0.184 e. The lowest BCUT2D eigenvalue weighted by Gasteiger charge is -2.03. The van der Waals surface area contributed by atoms with Crippen molar-refractivity contribution in [2.24, 2.45) is 0 Å². The van der Waals surface area contributed by atoms with Crippen LogP contribution in [0.5, 0.6) is 0 Å². The average Bonchev–Trinajstić information content (AvgIpc) is 2.60. The highest BCUT2D eigenvalue weighted by molar-refractivity contribution is 9.10. The van der Waals surface area contributed by atoms with Gasteiger partial charge < -0.3 is 5.11 Å². The van der Waals surface area contributed by atoms with Gasteiger partial charge in [-0.2, -0.15) is 5.10 Å². The van der Waals surface area contributed by atoms with Gasteiger partial charge >= 0.3 is 0 Å². The number of aliphatic hydroxyl groups excluding tert-OH is 1. The van der Waals surface area contributed by atoms with Gasteiger partial charge in [0.15, 0.2) is 11.6 Å². The van der Waals surface area contributed by atoms with Crippen LogP contribution in [0, 0.1) is 11.6 Å². The SMILES string of the molecule is OCCn1ncc2c(Br)cc(F)c(F)c21. The second-order valence-electron chi connectivity index (χ2n) is 3.01. The summed E-state index contributed by atoms with van der Waals surface area (Å²) >= 11 is 3.12. The molecular weight excluding hydrogens is 270 g/mol. The summed E-state index contributed by atoms with van der Waals surface area (Å²) in [6.45, 7) is -0.0410. The van der Waals surface area contributed by atoms with Gasteiger partial charge in [0.25, 0.3) is 0 Å². The molecule has 0 unspecified atom stereocenters. The van der Waals surface area contributed by atoms with Gasteiger partial charge in [-0.1, -0.05) is 0 Å². The molecule has 0 spiro atoms. The standard InChI is InChI=1S/C9H7BrF2N2O/c10-6-3-7(11)8(12)9-5(6)4-13-14(9)1-2-15/h3-4,15H,1-2H2. The van der Waals surface area contributed by atoms with Crippen LogP contribution in [0.2, 0.25) is 0 Å². The van der Waals surface area contributed by atoms with Crippen molar-refractivity contribution in [1.29, 1.82) is 0 Å². The first-order chi connectivity index (χ1) is 7.15. The van der Waals surface area contributed by atoms with Crippen LogP contribution >= 0.6 is 15.9 Å². The van der Waals surface area contributed by atoms with Crippen molar-refractivity contribution in [3.63, 3.8) is 0 Å². The number of nitrogens with zero attached hydrogens (tertiary/aromatic N) is 2. The summed E-state index contributed by atoms with van der Waals surface area (Å²) in [6, 6.07) is 1.06. The Morgan fingerprint density at radius 2 is 2.20 bits per heavy atom. The zero-order chi connectivity index (χ0) is 11.0. The average molecular weight is 277 g/mol. The molecule has 0 aliphatic rings.